The fourth-order valence-electron chi connectivity index (χ4n) is 3.36. The molecule has 2 N–H and O–H groups in total. The topological polar surface area (TPSA) is 68.5 Å². The van der Waals surface area contributed by atoms with Crippen molar-refractivity contribution in [2.45, 2.75) is 31.9 Å². The average molecular weight is 386 g/mol. The molecule has 1 aromatic carbocycles. The number of pyridine rings is 1. The molecule has 1 aliphatic rings. The van der Waals surface area contributed by atoms with Crippen molar-refractivity contribution in [3.8, 4) is 0 Å². The molecule has 2 heterocycles. The molecule has 1 aliphatic heterocycles. The lowest BCUT2D eigenvalue weighted by molar-refractivity contribution is 0.0140. The van der Waals surface area contributed by atoms with Gasteiger partial charge in [-0.05, 0) is 31.9 Å². The zero-order valence-electron chi connectivity index (χ0n) is 14.5. The van der Waals surface area contributed by atoms with Gasteiger partial charge >= 0.3 is 0 Å². The minimum atomic E-state index is 0. The molecule has 0 spiro atoms. The van der Waals surface area contributed by atoms with Gasteiger partial charge in [-0.15, -0.1) is 24.8 Å². The molecule has 2 unspecified atom stereocenters. The summed E-state index contributed by atoms with van der Waals surface area (Å²) in [6.45, 7) is 3.04. The van der Waals surface area contributed by atoms with E-state index in [1.807, 2.05) is 42.2 Å². The highest BCUT2D eigenvalue weighted by molar-refractivity contribution is 6.06. The third-order valence-electron chi connectivity index (χ3n) is 4.61. The lowest BCUT2D eigenvalue weighted by Crippen LogP contribution is -2.51. The van der Waals surface area contributed by atoms with Crippen LogP contribution in [-0.2, 0) is 4.74 Å². The van der Waals surface area contributed by atoms with E-state index in [1.165, 1.54) is 0 Å². The Bertz CT molecular complexity index is 727. The van der Waals surface area contributed by atoms with Gasteiger partial charge in [0.2, 0.25) is 0 Å². The minimum Gasteiger partial charge on any atom is -0.381 e. The molecule has 7 heteroatoms. The minimum absolute atomic E-state index is 0. The smallest absolute Gasteiger partial charge is 0.254 e. The number of hydrogen-bond donors (Lipinski definition) is 1. The van der Waals surface area contributed by atoms with Crippen LogP contribution >= 0.6 is 24.8 Å². The number of hydrogen-bond acceptors (Lipinski definition) is 4. The zero-order chi connectivity index (χ0) is 16.4. The quantitative estimate of drug-likeness (QED) is 0.881. The number of piperidine rings is 1. The maximum Gasteiger partial charge on any atom is 0.254 e. The Labute approximate surface area is 160 Å². The Balaban J connectivity index is 0.00000156. The molecular formula is C18H25Cl2N3O2. The van der Waals surface area contributed by atoms with Crippen LogP contribution in [0, 0.1) is 6.92 Å². The highest BCUT2D eigenvalue weighted by atomic mass is 35.5. The van der Waals surface area contributed by atoms with E-state index in [-0.39, 0.29) is 42.9 Å². The fourth-order valence-corrected chi connectivity index (χ4v) is 3.36. The van der Waals surface area contributed by atoms with Gasteiger partial charge in [0, 0.05) is 37.3 Å². The normalized spacial score (nSPS) is 19.9. The first-order valence-corrected chi connectivity index (χ1v) is 8.04. The third-order valence-corrected chi connectivity index (χ3v) is 4.61. The highest BCUT2D eigenvalue weighted by Crippen LogP contribution is 2.25. The summed E-state index contributed by atoms with van der Waals surface area (Å²) in [5, 5.41) is 0.896. The van der Waals surface area contributed by atoms with Crippen molar-refractivity contribution in [2.24, 2.45) is 5.73 Å². The summed E-state index contributed by atoms with van der Waals surface area (Å²) in [6, 6.07) is 9.67. The van der Waals surface area contributed by atoms with Crippen molar-refractivity contribution in [1.82, 2.24) is 9.88 Å². The monoisotopic (exact) mass is 385 g/mol. The van der Waals surface area contributed by atoms with Gasteiger partial charge in [-0.25, -0.2) is 0 Å². The second kappa shape index (κ2) is 9.34. The first kappa shape index (κ1) is 21.6. The zero-order valence-corrected chi connectivity index (χ0v) is 16.1. The Hall–Kier alpha value is -1.40. The molecule has 2 aromatic rings. The molecule has 1 aromatic heterocycles. The number of aromatic nitrogens is 1. The van der Waals surface area contributed by atoms with E-state index in [0.29, 0.717) is 18.7 Å². The number of fused-ring (bicyclic) bond motifs is 1. The van der Waals surface area contributed by atoms with Crippen LogP contribution < -0.4 is 5.73 Å². The Kier molecular flexibility index (Phi) is 8.09. The number of nitrogens with two attached hydrogens (primary N) is 1. The summed E-state index contributed by atoms with van der Waals surface area (Å²) >= 11 is 0. The first-order chi connectivity index (χ1) is 11.1. The molecule has 138 valence electrons. The summed E-state index contributed by atoms with van der Waals surface area (Å²) in [6.07, 6.45) is 1.82. The first-order valence-electron chi connectivity index (χ1n) is 8.04. The molecule has 1 amide bonds. The van der Waals surface area contributed by atoms with Crippen molar-refractivity contribution in [2.75, 3.05) is 20.2 Å². The predicted molar refractivity (Wildman–Crippen MR) is 105 cm³/mol. The number of rotatable bonds is 3. The van der Waals surface area contributed by atoms with E-state index in [9.17, 15) is 4.79 Å². The third kappa shape index (κ3) is 4.42. The second-order valence-corrected chi connectivity index (χ2v) is 6.10. The van der Waals surface area contributed by atoms with Crippen molar-refractivity contribution < 1.29 is 9.53 Å². The van der Waals surface area contributed by atoms with Crippen LogP contribution in [0.3, 0.4) is 0 Å². The molecule has 0 radical (unpaired) electrons. The van der Waals surface area contributed by atoms with E-state index in [0.717, 1.165) is 29.4 Å². The van der Waals surface area contributed by atoms with E-state index in [2.05, 4.69) is 4.98 Å². The molecule has 5 nitrogen and oxygen atoms in total. The number of nitrogens with zero attached hydrogens (tertiary/aromatic N) is 2. The number of likely N-dealkylation sites (tertiary alicyclic amines) is 1. The van der Waals surface area contributed by atoms with Gasteiger partial charge in [0.1, 0.15) is 0 Å². The molecule has 1 saturated heterocycles. The van der Waals surface area contributed by atoms with Crippen molar-refractivity contribution in [3.05, 3.63) is 41.6 Å². The number of aryl methyl sites for hydroxylation is 1. The molecule has 0 bridgehead atoms. The Morgan fingerprint density at radius 2 is 2.08 bits per heavy atom. The second-order valence-electron chi connectivity index (χ2n) is 6.10. The maximum absolute atomic E-state index is 13.1. The maximum atomic E-state index is 13.1. The van der Waals surface area contributed by atoms with Gasteiger partial charge < -0.3 is 15.4 Å². The predicted octanol–water partition coefficient (Wildman–Crippen LogP) is 2.97. The van der Waals surface area contributed by atoms with Gasteiger partial charge in [0.05, 0.1) is 17.2 Å². The molecule has 2 atom stereocenters. The van der Waals surface area contributed by atoms with Crippen LogP contribution in [0.15, 0.2) is 30.3 Å². The van der Waals surface area contributed by atoms with Crippen LogP contribution in [0.25, 0.3) is 10.9 Å². The lowest BCUT2D eigenvalue weighted by atomic mass is 9.97. The molecule has 0 aliphatic carbocycles. The number of ether oxygens (including phenoxy) is 1. The molecule has 3 rings (SSSR count). The number of carbonyl (C=O) groups is 1. The number of benzene rings is 1. The summed E-state index contributed by atoms with van der Waals surface area (Å²) in [4.78, 5) is 19.5. The van der Waals surface area contributed by atoms with Crippen molar-refractivity contribution >= 4 is 41.6 Å². The highest BCUT2D eigenvalue weighted by Gasteiger charge is 2.32. The summed E-state index contributed by atoms with van der Waals surface area (Å²) in [5.74, 6) is 0.0386. The number of amides is 1. The lowest BCUT2D eigenvalue weighted by Gasteiger charge is -2.38. The van der Waals surface area contributed by atoms with E-state index < -0.39 is 0 Å². The largest absolute Gasteiger partial charge is 0.381 e. The number of carbonyl (C=O) groups excluding carboxylic acids is 1. The summed E-state index contributed by atoms with van der Waals surface area (Å²) in [5.41, 5.74) is 8.32. The number of methoxy groups -OCH3 is 1. The van der Waals surface area contributed by atoms with Crippen LogP contribution in [-0.4, -0.2) is 48.1 Å². The molecular weight excluding hydrogens is 361 g/mol. The van der Waals surface area contributed by atoms with Gasteiger partial charge in [-0.1, -0.05) is 18.2 Å². The summed E-state index contributed by atoms with van der Waals surface area (Å²) in [7, 11) is 1.72. The number of para-hydroxylation sites is 1. The standard InChI is InChI=1S/C18H23N3O2.2ClH/c1-12-9-16(15-5-3-4-6-17(15)20-12)18(22)21-8-7-14(23-2)10-13(21)11-19;;/h3-6,9,13-14H,7-8,10-11,19H2,1-2H3;2*1H. The Morgan fingerprint density at radius 3 is 2.76 bits per heavy atom. The van der Waals surface area contributed by atoms with Crippen molar-refractivity contribution in [1.29, 1.82) is 0 Å². The van der Waals surface area contributed by atoms with Crippen LogP contribution in [0.4, 0.5) is 0 Å². The van der Waals surface area contributed by atoms with E-state index in [1.54, 1.807) is 7.11 Å². The van der Waals surface area contributed by atoms with Crippen LogP contribution in [0.2, 0.25) is 0 Å². The van der Waals surface area contributed by atoms with Gasteiger partial charge in [0.25, 0.3) is 5.91 Å². The van der Waals surface area contributed by atoms with Gasteiger partial charge in [-0.2, -0.15) is 0 Å². The van der Waals surface area contributed by atoms with Crippen LogP contribution in [0.1, 0.15) is 28.9 Å². The Morgan fingerprint density at radius 1 is 1.36 bits per heavy atom. The SMILES string of the molecule is COC1CCN(C(=O)c2cc(C)nc3ccccc23)C(CN)C1.Cl.Cl. The van der Waals surface area contributed by atoms with Crippen LogP contribution in [0.5, 0.6) is 0 Å². The van der Waals surface area contributed by atoms with E-state index >= 15 is 0 Å². The van der Waals surface area contributed by atoms with Gasteiger partial charge in [-0.3, -0.25) is 9.78 Å². The van der Waals surface area contributed by atoms with Gasteiger partial charge in [0.15, 0.2) is 0 Å². The average Bonchev–Trinajstić information content (AvgIpc) is 2.59. The molecule has 25 heavy (non-hydrogen) atoms. The number of halogens is 2. The summed E-state index contributed by atoms with van der Waals surface area (Å²) < 4.78 is 5.44. The molecule has 0 saturated carbocycles. The van der Waals surface area contributed by atoms with E-state index in [4.69, 9.17) is 10.5 Å². The molecule has 1 fully saturated rings. The van der Waals surface area contributed by atoms with Crippen molar-refractivity contribution in [3.63, 3.8) is 0 Å². The fraction of sp³-hybridized carbons (Fsp3) is 0.444.